The van der Waals surface area contributed by atoms with Gasteiger partial charge < -0.3 is 16.8 Å². The van der Waals surface area contributed by atoms with Crippen molar-refractivity contribution in [2.75, 3.05) is 11.5 Å². The third-order valence-electron chi connectivity index (χ3n) is 6.06. The molecule has 0 bridgehead atoms. The number of benzene rings is 2. The van der Waals surface area contributed by atoms with E-state index in [0.717, 1.165) is 33.3 Å². The zero-order valence-electron chi connectivity index (χ0n) is 19.3. The summed E-state index contributed by atoms with van der Waals surface area (Å²) >= 11 is 6.13. The Balaban J connectivity index is 1.52. The van der Waals surface area contributed by atoms with Crippen molar-refractivity contribution in [3.05, 3.63) is 87.8 Å². The molecule has 35 heavy (non-hydrogen) atoms. The van der Waals surface area contributed by atoms with Gasteiger partial charge in [0.15, 0.2) is 0 Å². The number of nitrogens with one attached hydrogen (secondary N) is 1. The lowest BCUT2D eigenvalue weighted by atomic mass is 10.1. The number of amides is 1. The van der Waals surface area contributed by atoms with E-state index in [1.54, 1.807) is 23.0 Å². The molecule has 3 heterocycles. The summed E-state index contributed by atoms with van der Waals surface area (Å²) in [6.07, 6.45) is 1.62. The van der Waals surface area contributed by atoms with Gasteiger partial charge in [-0.2, -0.15) is 5.10 Å². The van der Waals surface area contributed by atoms with Crippen molar-refractivity contribution >= 4 is 50.8 Å². The van der Waals surface area contributed by atoms with Crippen LogP contribution in [0.4, 0.5) is 11.5 Å². The van der Waals surface area contributed by atoms with Gasteiger partial charge in [-0.25, -0.2) is 4.98 Å². The van der Waals surface area contributed by atoms with Crippen LogP contribution in [0.5, 0.6) is 0 Å². The van der Waals surface area contributed by atoms with Crippen molar-refractivity contribution in [3.8, 4) is 0 Å². The summed E-state index contributed by atoms with van der Waals surface area (Å²) in [4.78, 5) is 22.2. The first-order valence-corrected chi connectivity index (χ1v) is 11.5. The zero-order valence-corrected chi connectivity index (χ0v) is 20.1. The fraction of sp³-hybridized carbons (Fsp3) is 0.154. The van der Waals surface area contributed by atoms with E-state index in [4.69, 9.17) is 28.2 Å². The second-order valence-corrected chi connectivity index (χ2v) is 8.98. The number of anilines is 2. The van der Waals surface area contributed by atoms with Crippen LogP contribution in [0.3, 0.4) is 0 Å². The van der Waals surface area contributed by atoms with Crippen LogP contribution in [-0.2, 0) is 13.1 Å². The highest BCUT2D eigenvalue weighted by molar-refractivity contribution is 6.31. The van der Waals surface area contributed by atoms with Gasteiger partial charge in [-0.15, -0.1) is 0 Å². The molecular weight excluding hydrogens is 462 g/mol. The topological polar surface area (TPSA) is 125 Å². The number of fused-ring (bicyclic) bond motifs is 2. The smallest absolute Gasteiger partial charge is 0.270 e. The Morgan fingerprint density at radius 3 is 2.71 bits per heavy atom. The van der Waals surface area contributed by atoms with Crippen molar-refractivity contribution in [3.63, 3.8) is 0 Å². The largest absolute Gasteiger partial charge is 0.398 e. The first-order valence-electron chi connectivity index (χ1n) is 11.1. The zero-order chi connectivity index (χ0) is 24.7. The van der Waals surface area contributed by atoms with Crippen molar-refractivity contribution < 1.29 is 4.79 Å². The molecule has 0 aliphatic rings. The number of hydrogen-bond acceptors (Lipinski definition) is 6. The standard InChI is InChI=1S/C26H24ClN7O/c1-14-8-23(29)32-15(2)19(14)12-31-26(35)25-24-20(28)4-3-5-22(24)33-34(25)13-16-6-7-21-17(9-16)10-18(27)11-30-21/h3-11H,12-13,28H2,1-2H3,(H2,29,32)(H,31,35). The van der Waals surface area contributed by atoms with Crippen LogP contribution in [0.25, 0.3) is 21.8 Å². The molecule has 0 fully saturated rings. The lowest BCUT2D eigenvalue weighted by Crippen LogP contribution is -2.27. The minimum absolute atomic E-state index is 0.272. The Labute approximate surface area is 206 Å². The molecule has 9 heteroatoms. The summed E-state index contributed by atoms with van der Waals surface area (Å²) in [6.45, 7) is 4.51. The van der Waals surface area contributed by atoms with Gasteiger partial charge in [0.05, 0.1) is 28.0 Å². The molecular formula is C26H24ClN7O. The van der Waals surface area contributed by atoms with Crippen LogP contribution in [0.15, 0.2) is 54.7 Å². The number of nitrogens with two attached hydrogens (primary N) is 2. The summed E-state index contributed by atoms with van der Waals surface area (Å²) in [5.41, 5.74) is 18.2. The maximum absolute atomic E-state index is 13.5. The quantitative estimate of drug-likeness (QED) is 0.317. The average molecular weight is 486 g/mol. The van der Waals surface area contributed by atoms with E-state index in [-0.39, 0.29) is 5.91 Å². The van der Waals surface area contributed by atoms with Gasteiger partial charge in [-0.05, 0) is 66.9 Å². The predicted molar refractivity (Wildman–Crippen MR) is 139 cm³/mol. The molecule has 5 N–H and O–H groups in total. The van der Waals surface area contributed by atoms with E-state index >= 15 is 0 Å². The normalized spacial score (nSPS) is 11.3. The number of hydrogen-bond donors (Lipinski definition) is 3. The molecule has 5 rings (SSSR count). The molecule has 0 aliphatic heterocycles. The molecule has 0 aliphatic carbocycles. The first-order chi connectivity index (χ1) is 16.8. The molecule has 0 saturated carbocycles. The van der Waals surface area contributed by atoms with E-state index in [1.807, 2.05) is 50.2 Å². The lowest BCUT2D eigenvalue weighted by molar-refractivity contribution is 0.0942. The second-order valence-electron chi connectivity index (χ2n) is 8.54. The Hall–Kier alpha value is -4.17. The minimum Gasteiger partial charge on any atom is -0.398 e. The molecule has 176 valence electrons. The third-order valence-corrected chi connectivity index (χ3v) is 6.26. The maximum atomic E-state index is 13.5. The van der Waals surface area contributed by atoms with Crippen molar-refractivity contribution in [1.82, 2.24) is 25.1 Å². The van der Waals surface area contributed by atoms with Crippen LogP contribution in [0, 0.1) is 13.8 Å². The van der Waals surface area contributed by atoms with Crippen molar-refractivity contribution in [1.29, 1.82) is 0 Å². The molecule has 0 spiro atoms. The number of aryl methyl sites for hydroxylation is 2. The molecule has 3 aromatic heterocycles. The van der Waals surface area contributed by atoms with Gasteiger partial charge >= 0.3 is 0 Å². The summed E-state index contributed by atoms with van der Waals surface area (Å²) in [5.74, 6) is 0.185. The molecule has 8 nitrogen and oxygen atoms in total. The van der Waals surface area contributed by atoms with Crippen LogP contribution in [0.2, 0.25) is 5.02 Å². The number of rotatable bonds is 5. The number of halogens is 1. The average Bonchev–Trinajstić information content (AvgIpc) is 3.17. The molecule has 2 aromatic carbocycles. The van der Waals surface area contributed by atoms with E-state index < -0.39 is 0 Å². The summed E-state index contributed by atoms with van der Waals surface area (Å²) in [7, 11) is 0. The minimum atomic E-state index is -0.272. The van der Waals surface area contributed by atoms with Crippen LogP contribution in [0.1, 0.15) is 32.9 Å². The van der Waals surface area contributed by atoms with Gasteiger partial charge in [-0.3, -0.25) is 14.5 Å². The molecule has 0 saturated heterocycles. The molecule has 0 radical (unpaired) electrons. The monoisotopic (exact) mass is 485 g/mol. The highest BCUT2D eigenvalue weighted by Crippen LogP contribution is 2.26. The number of nitrogens with zero attached hydrogens (tertiary/aromatic N) is 4. The SMILES string of the molecule is Cc1cc(N)nc(C)c1CNC(=O)c1c2c(N)cccc2nn1Cc1ccc2ncc(Cl)cc2c1. The van der Waals surface area contributed by atoms with Crippen molar-refractivity contribution in [2.24, 2.45) is 0 Å². The molecule has 0 unspecified atom stereocenters. The van der Waals surface area contributed by atoms with E-state index in [1.165, 1.54) is 0 Å². The molecule has 0 atom stereocenters. The number of pyridine rings is 2. The van der Waals surface area contributed by atoms with Crippen molar-refractivity contribution in [2.45, 2.75) is 26.9 Å². The number of carbonyl (C=O) groups is 1. The maximum Gasteiger partial charge on any atom is 0.270 e. The molecule has 1 amide bonds. The summed E-state index contributed by atoms with van der Waals surface area (Å²) in [6, 6.07) is 15.0. The highest BCUT2D eigenvalue weighted by Gasteiger charge is 2.21. The van der Waals surface area contributed by atoms with E-state index in [2.05, 4.69) is 15.3 Å². The van der Waals surface area contributed by atoms with Gasteiger partial charge in [0, 0.05) is 29.5 Å². The van der Waals surface area contributed by atoms with Gasteiger partial charge in [-0.1, -0.05) is 23.7 Å². The van der Waals surface area contributed by atoms with Gasteiger partial charge in [0.2, 0.25) is 0 Å². The van der Waals surface area contributed by atoms with E-state index in [0.29, 0.717) is 46.2 Å². The lowest BCUT2D eigenvalue weighted by Gasteiger charge is -2.13. The van der Waals surface area contributed by atoms with Crippen LogP contribution < -0.4 is 16.8 Å². The predicted octanol–water partition coefficient (Wildman–Crippen LogP) is 4.39. The fourth-order valence-corrected chi connectivity index (χ4v) is 4.55. The van der Waals surface area contributed by atoms with Gasteiger partial charge in [0.1, 0.15) is 11.5 Å². The Kier molecular flexibility index (Phi) is 5.74. The Bertz CT molecular complexity index is 1590. The van der Waals surface area contributed by atoms with Crippen LogP contribution >= 0.6 is 11.6 Å². The molecule has 5 aromatic rings. The Morgan fingerprint density at radius 2 is 1.91 bits per heavy atom. The van der Waals surface area contributed by atoms with Gasteiger partial charge in [0.25, 0.3) is 5.91 Å². The number of aromatic nitrogens is 4. The van der Waals surface area contributed by atoms with E-state index in [9.17, 15) is 4.79 Å². The first kappa shape index (κ1) is 22.6. The number of nitrogen functional groups attached to an aromatic ring is 2. The summed E-state index contributed by atoms with van der Waals surface area (Å²) in [5, 5.41) is 9.82. The van der Waals surface area contributed by atoms with Crippen LogP contribution in [-0.4, -0.2) is 25.7 Å². The fourth-order valence-electron chi connectivity index (χ4n) is 4.39. The highest BCUT2D eigenvalue weighted by atomic mass is 35.5. The third kappa shape index (κ3) is 4.36. The second kappa shape index (κ2) is 8.88. The number of carbonyl (C=O) groups excluding carboxylic acids is 1. The Morgan fingerprint density at radius 1 is 1.09 bits per heavy atom. The summed E-state index contributed by atoms with van der Waals surface area (Å²) < 4.78 is 1.69.